The Morgan fingerprint density at radius 1 is 0.941 bits per heavy atom. The molecule has 0 N–H and O–H groups in total. The molecule has 1 aliphatic heterocycles. The van der Waals surface area contributed by atoms with Gasteiger partial charge in [-0.05, 0) is 36.8 Å². The van der Waals surface area contributed by atoms with Gasteiger partial charge < -0.3 is 4.74 Å². The molecule has 10 heteroatoms. The smallest absolute Gasteiger partial charge is 0.280 e. The number of hydrogen-bond acceptors (Lipinski definition) is 3. The lowest BCUT2D eigenvalue weighted by Gasteiger charge is -2.15. The molecule has 3 aromatic rings. The number of hydrazone groups is 1. The number of nitrogens with zero attached hydrogens (tertiary/aromatic N) is 2. The van der Waals surface area contributed by atoms with Gasteiger partial charge in [-0.2, -0.15) is 10.1 Å². The summed E-state index contributed by atoms with van der Waals surface area (Å²) < 4.78 is 75.0. The maximum atomic E-state index is 14.2. The highest BCUT2D eigenvalue weighted by molar-refractivity contribution is 6.33. The van der Waals surface area contributed by atoms with E-state index in [-0.39, 0.29) is 22.9 Å². The lowest BCUT2D eigenvalue weighted by molar-refractivity contribution is -0.114. The van der Waals surface area contributed by atoms with E-state index in [2.05, 4.69) is 5.10 Å². The quantitative estimate of drug-likeness (QED) is 0.178. The molecule has 4 nitrogen and oxygen atoms in total. The van der Waals surface area contributed by atoms with Crippen molar-refractivity contribution in [1.82, 2.24) is 0 Å². The molecule has 4 rings (SSSR count). The molecule has 0 radical (unpaired) electrons. The van der Waals surface area contributed by atoms with Crippen LogP contribution in [0.15, 0.2) is 59.2 Å². The first-order valence-electron chi connectivity index (χ1n) is 9.78. The van der Waals surface area contributed by atoms with Gasteiger partial charge in [-0.3, -0.25) is 4.79 Å². The van der Waals surface area contributed by atoms with Crippen LogP contribution in [0.4, 0.5) is 27.6 Å². The number of benzene rings is 3. The summed E-state index contributed by atoms with van der Waals surface area (Å²) in [7, 11) is 0. The number of halogens is 6. The van der Waals surface area contributed by atoms with Crippen LogP contribution in [0.3, 0.4) is 0 Å². The lowest BCUT2D eigenvalue weighted by Crippen LogP contribution is -2.25. The number of ether oxygens (including phenoxy) is 1. The van der Waals surface area contributed by atoms with E-state index in [4.69, 9.17) is 16.3 Å². The largest absolute Gasteiger partial charge is 0.488 e. The third-order valence-electron chi connectivity index (χ3n) is 4.97. The average Bonchev–Trinajstić information content (AvgIpc) is 3.10. The fourth-order valence-electron chi connectivity index (χ4n) is 3.27. The zero-order valence-corrected chi connectivity index (χ0v) is 18.1. The second-order valence-electron chi connectivity index (χ2n) is 7.24. The first kappa shape index (κ1) is 23.4. The maximum absolute atomic E-state index is 14.2. The Labute approximate surface area is 195 Å². The van der Waals surface area contributed by atoms with Gasteiger partial charge in [0.05, 0.1) is 11.3 Å². The number of rotatable bonds is 5. The topological polar surface area (TPSA) is 41.9 Å². The molecule has 0 saturated carbocycles. The van der Waals surface area contributed by atoms with E-state index >= 15 is 0 Å². The second kappa shape index (κ2) is 9.26. The molecule has 0 atom stereocenters. The second-order valence-corrected chi connectivity index (χ2v) is 7.67. The summed E-state index contributed by atoms with van der Waals surface area (Å²) in [6, 6.07) is 13.9. The van der Waals surface area contributed by atoms with Gasteiger partial charge in [0.2, 0.25) is 5.82 Å². The van der Waals surface area contributed by atoms with E-state index in [1.807, 2.05) is 30.3 Å². The molecule has 1 heterocycles. The summed E-state index contributed by atoms with van der Waals surface area (Å²) in [6.45, 7) is 1.56. The number of amides is 1. The van der Waals surface area contributed by atoms with Gasteiger partial charge in [-0.1, -0.05) is 41.9 Å². The fourth-order valence-corrected chi connectivity index (χ4v) is 3.45. The van der Waals surface area contributed by atoms with Crippen LogP contribution < -0.4 is 9.75 Å². The van der Waals surface area contributed by atoms with Gasteiger partial charge in [0.25, 0.3) is 5.91 Å². The highest BCUT2D eigenvalue weighted by Gasteiger charge is 2.37. The van der Waals surface area contributed by atoms with Crippen LogP contribution in [-0.4, -0.2) is 11.6 Å². The molecule has 3 aromatic carbocycles. The third kappa shape index (κ3) is 4.26. The first-order valence-corrected chi connectivity index (χ1v) is 10.2. The summed E-state index contributed by atoms with van der Waals surface area (Å²) in [4.78, 5) is 12.9. The predicted molar refractivity (Wildman–Crippen MR) is 117 cm³/mol. The van der Waals surface area contributed by atoms with Gasteiger partial charge in [0.15, 0.2) is 23.3 Å². The minimum atomic E-state index is -2.33. The van der Waals surface area contributed by atoms with Gasteiger partial charge in [-0.25, -0.2) is 22.0 Å². The molecule has 0 unspecified atom stereocenters. The number of carbonyl (C=O) groups excluding carboxylic acids is 1. The highest BCUT2D eigenvalue weighted by Crippen LogP contribution is 2.35. The van der Waals surface area contributed by atoms with E-state index < -0.39 is 40.7 Å². The SMILES string of the molecule is CC1=NN(c2c(F)c(F)c(F)c(F)c2F)C(=O)/C1=C\c1cc(Cl)ccc1OCc1ccccc1. The lowest BCUT2D eigenvalue weighted by atomic mass is 10.1. The molecule has 34 heavy (non-hydrogen) atoms. The van der Waals surface area contributed by atoms with Crippen molar-refractivity contribution < 1.29 is 31.5 Å². The molecule has 1 amide bonds. The molecule has 0 spiro atoms. The van der Waals surface area contributed by atoms with E-state index in [1.165, 1.54) is 19.1 Å². The Morgan fingerprint density at radius 2 is 1.56 bits per heavy atom. The van der Waals surface area contributed by atoms with Crippen LogP contribution in [0.5, 0.6) is 5.75 Å². The Morgan fingerprint density at radius 3 is 2.21 bits per heavy atom. The molecule has 0 aliphatic carbocycles. The molecular formula is C24H14ClF5N2O2. The summed E-state index contributed by atoms with van der Waals surface area (Å²) in [5, 5.41) is 4.18. The fraction of sp³-hybridized carbons (Fsp3) is 0.0833. The minimum absolute atomic E-state index is 0.0112. The normalized spacial score (nSPS) is 14.7. The zero-order chi connectivity index (χ0) is 24.6. The van der Waals surface area contributed by atoms with Crippen LogP contribution in [0.2, 0.25) is 5.02 Å². The third-order valence-corrected chi connectivity index (χ3v) is 5.20. The van der Waals surface area contributed by atoms with E-state index in [1.54, 1.807) is 12.1 Å². The van der Waals surface area contributed by atoms with Gasteiger partial charge in [-0.15, -0.1) is 0 Å². The average molecular weight is 493 g/mol. The van der Waals surface area contributed by atoms with Crippen molar-refractivity contribution >= 4 is 35.0 Å². The molecule has 1 aliphatic rings. The molecule has 0 aromatic heterocycles. The van der Waals surface area contributed by atoms with Crippen molar-refractivity contribution in [3.8, 4) is 5.75 Å². The van der Waals surface area contributed by atoms with Crippen molar-refractivity contribution in [2.45, 2.75) is 13.5 Å². The first-order chi connectivity index (χ1) is 16.2. The van der Waals surface area contributed by atoms with E-state index in [0.29, 0.717) is 16.3 Å². The van der Waals surface area contributed by atoms with Crippen molar-refractivity contribution in [3.05, 3.63) is 99.3 Å². The summed E-state index contributed by atoms with van der Waals surface area (Å²) in [6.07, 6.45) is 1.32. The van der Waals surface area contributed by atoms with Crippen LogP contribution >= 0.6 is 11.6 Å². The van der Waals surface area contributed by atoms with Crippen LogP contribution in [0.1, 0.15) is 18.1 Å². The standard InChI is InChI=1S/C24H14ClF5N2O2/c1-12-16(24(33)32(31-12)23-21(29)19(27)18(26)20(28)22(23)30)10-14-9-15(25)7-8-17(14)34-11-13-5-3-2-4-6-13/h2-10H,11H2,1H3/b16-10-. The molecule has 0 bridgehead atoms. The number of hydrogen-bond donors (Lipinski definition) is 0. The summed E-state index contributed by atoms with van der Waals surface area (Å²) in [5.74, 6) is -11.8. The van der Waals surface area contributed by atoms with Crippen molar-refractivity contribution in [2.75, 3.05) is 5.01 Å². The Balaban J connectivity index is 1.71. The van der Waals surface area contributed by atoms with Crippen molar-refractivity contribution in [2.24, 2.45) is 5.10 Å². The Bertz CT molecular complexity index is 1330. The predicted octanol–water partition coefficient (Wildman–Crippen LogP) is 6.42. The molecule has 0 fully saturated rings. The highest BCUT2D eigenvalue weighted by atomic mass is 35.5. The van der Waals surface area contributed by atoms with Crippen LogP contribution in [0, 0.1) is 29.1 Å². The zero-order valence-electron chi connectivity index (χ0n) is 17.4. The molecule has 174 valence electrons. The van der Waals surface area contributed by atoms with Crippen molar-refractivity contribution in [1.29, 1.82) is 0 Å². The number of anilines is 1. The van der Waals surface area contributed by atoms with Gasteiger partial charge in [0, 0.05) is 10.6 Å². The minimum Gasteiger partial charge on any atom is -0.488 e. The van der Waals surface area contributed by atoms with Crippen molar-refractivity contribution in [3.63, 3.8) is 0 Å². The Kier molecular flexibility index (Phi) is 6.39. The summed E-state index contributed by atoms with van der Waals surface area (Å²) in [5.41, 5.74) is -0.390. The van der Waals surface area contributed by atoms with Crippen LogP contribution in [-0.2, 0) is 11.4 Å². The monoisotopic (exact) mass is 492 g/mol. The summed E-state index contributed by atoms with van der Waals surface area (Å²) >= 11 is 6.08. The molecular weight excluding hydrogens is 479 g/mol. The Hall–Kier alpha value is -3.72. The number of carbonyl (C=O) groups is 1. The van der Waals surface area contributed by atoms with Gasteiger partial charge >= 0.3 is 0 Å². The van der Waals surface area contributed by atoms with E-state index in [9.17, 15) is 26.7 Å². The van der Waals surface area contributed by atoms with Gasteiger partial charge in [0.1, 0.15) is 18.0 Å². The van der Waals surface area contributed by atoms with Crippen LogP contribution in [0.25, 0.3) is 6.08 Å². The maximum Gasteiger partial charge on any atom is 0.280 e. The molecule has 0 saturated heterocycles. The van der Waals surface area contributed by atoms with E-state index in [0.717, 1.165) is 5.56 Å².